The van der Waals surface area contributed by atoms with Crippen LogP contribution >= 0.6 is 0 Å². The van der Waals surface area contributed by atoms with Crippen molar-refractivity contribution in [2.75, 3.05) is 13.2 Å². The molecule has 5 heteroatoms. The van der Waals surface area contributed by atoms with Crippen LogP contribution in [0.15, 0.2) is 0 Å². The molecule has 0 aromatic heterocycles. The molecule has 0 aliphatic rings. The molecular weight excluding hydrogens is 504 g/mol. The van der Waals surface area contributed by atoms with E-state index in [9.17, 15) is 14.7 Å². The van der Waals surface area contributed by atoms with Gasteiger partial charge in [-0.1, -0.05) is 168 Å². The van der Waals surface area contributed by atoms with Crippen LogP contribution in [0.4, 0.5) is 0 Å². The monoisotopic (exact) mass is 573 g/mol. The van der Waals surface area contributed by atoms with Gasteiger partial charge in [0.15, 0.2) is 6.10 Å². The third-order valence-corrected chi connectivity index (χ3v) is 7.90. The zero-order valence-electron chi connectivity index (χ0n) is 26.9. The van der Waals surface area contributed by atoms with Gasteiger partial charge in [-0.2, -0.15) is 0 Å². The van der Waals surface area contributed by atoms with Crippen LogP contribution in [0.3, 0.4) is 0 Å². The van der Waals surface area contributed by atoms with E-state index in [0.29, 0.717) is 12.8 Å². The second-order valence-corrected chi connectivity index (χ2v) is 12.0. The molecule has 1 unspecified atom stereocenters. The second-order valence-electron chi connectivity index (χ2n) is 12.0. The Hall–Kier alpha value is -1.10. The van der Waals surface area contributed by atoms with Crippen molar-refractivity contribution >= 4 is 11.9 Å². The van der Waals surface area contributed by atoms with Crippen molar-refractivity contribution in [3.8, 4) is 0 Å². The number of carbonyl (C=O) groups is 2. The van der Waals surface area contributed by atoms with Gasteiger partial charge in [0, 0.05) is 12.8 Å². The molecule has 1 N–H and O–H groups in total. The van der Waals surface area contributed by atoms with Crippen molar-refractivity contribution in [2.45, 2.75) is 200 Å². The van der Waals surface area contributed by atoms with Crippen LogP contribution in [-0.2, 0) is 19.1 Å². The second kappa shape index (κ2) is 32.4. The highest BCUT2D eigenvalue weighted by molar-refractivity contribution is 5.70. The number of ether oxygens (including phenoxy) is 2. The Morgan fingerprint density at radius 1 is 0.475 bits per heavy atom. The van der Waals surface area contributed by atoms with E-state index in [0.717, 1.165) is 32.1 Å². The lowest BCUT2D eigenvalue weighted by Gasteiger charge is -2.15. The molecule has 0 rings (SSSR count). The molecule has 0 radical (unpaired) electrons. The first-order chi connectivity index (χ1) is 19.6. The first-order valence-corrected chi connectivity index (χ1v) is 17.6. The fourth-order valence-corrected chi connectivity index (χ4v) is 5.20. The molecule has 0 saturated carbocycles. The van der Waals surface area contributed by atoms with E-state index in [1.165, 1.54) is 135 Å². The Morgan fingerprint density at radius 2 is 0.775 bits per heavy atom. The van der Waals surface area contributed by atoms with Gasteiger partial charge in [0.1, 0.15) is 6.61 Å². The summed E-state index contributed by atoms with van der Waals surface area (Å²) in [5, 5.41) is 9.50. The lowest BCUT2D eigenvalue weighted by Crippen LogP contribution is -2.28. The zero-order valence-corrected chi connectivity index (χ0v) is 26.9. The number of unbranched alkanes of at least 4 members (excludes halogenated alkanes) is 24. The number of aliphatic hydroxyl groups is 1. The molecule has 0 heterocycles. The van der Waals surface area contributed by atoms with E-state index >= 15 is 0 Å². The molecule has 0 saturated heterocycles. The molecule has 0 amide bonds. The quantitative estimate of drug-likeness (QED) is 0.0641. The van der Waals surface area contributed by atoms with Gasteiger partial charge in [-0.15, -0.1) is 0 Å². The first-order valence-electron chi connectivity index (χ1n) is 17.6. The minimum atomic E-state index is -0.759. The van der Waals surface area contributed by atoms with E-state index in [1.807, 2.05) is 0 Å². The van der Waals surface area contributed by atoms with Gasteiger partial charge in [0.2, 0.25) is 0 Å². The van der Waals surface area contributed by atoms with Crippen molar-refractivity contribution in [2.24, 2.45) is 0 Å². The van der Waals surface area contributed by atoms with Crippen LogP contribution < -0.4 is 0 Å². The highest BCUT2D eigenvalue weighted by atomic mass is 16.8. The van der Waals surface area contributed by atoms with E-state index in [4.69, 9.17) is 9.47 Å². The van der Waals surface area contributed by atoms with Crippen molar-refractivity contribution < 1.29 is 24.2 Å². The molecule has 1 atom stereocenters. The van der Waals surface area contributed by atoms with E-state index in [1.54, 1.807) is 0 Å². The van der Waals surface area contributed by atoms with Gasteiger partial charge in [-0.05, 0) is 12.8 Å². The molecule has 5 nitrogen and oxygen atoms in total. The van der Waals surface area contributed by atoms with E-state index < -0.39 is 6.10 Å². The fourth-order valence-electron chi connectivity index (χ4n) is 5.20. The van der Waals surface area contributed by atoms with Gasteiger partial charge in [0.25, 0.3) is 0 Å². The summed E-state index contributed by atoms with van der Waals surface area (Å²) in [4.78, 5) is 24.1. The van der Waals surface area contributed by atoms with Crippen molar-refractivity contribution in [1.29, 1.82) is 0 Å². The topological polar surface area (TPSA) is 72.8 Å². The number of rotatable bonds is 32. The van der Waals surface area contributed by atoms with Gasteiger partial charge in [-0.25, -0.2) is 0 Å². The molecule has 0 aliphatic carbocycles. The summed E-state index contributed by atoms with van der Waals surface area (Å²) in [5.74, 6) is -0.580. The average Bonchev–Trinajstić information content (AvgIpc) is 2.96. The summed E-state index contributed by atoms with van der Waals surface area (Å²) >= 11 is 0. The Kier molecular flexibility index (Phi) is 31.5. The standard InChI is InChI=1S/C35H68O5/c1-3-5-7-9-11-13-15-17-19-21-23-25-27-29-34(37)39-32-33(31-36)40-35(38)30-28-26-24-22-20-18-16-14-12-10-8-6-4-2/h33,36H,3-32H2,1-2H3/i34+2,35+2. The Morgan fingerprint density at radius 3 is 1.10 bits per heavy atom. The van der Waals surface area contributed by atoms with Crippen molar-refractivity contribution in [1.82, 2.24) is 0 Å². The minimum Gasteiger partial charge on any atom is -0.462 e. The number of hydrogen-bond acceptors (Lipinski definition) is 5. The Labute approximate surface area is 248 Å². The summed E-state index contributed by atoms with van der Waals surface area (Å²) in [6.45, 7) is 4.14. The lowest BCUT2D eigenvalue weighted by atomic mass is 10.0. The maximum Gasteiger partial charge on any atom is 0.306 e. The maximum absolute atomic E-state index is 12.1. The average molecular weight is 573 g/mol. The molecule has 0 aromatic carbocycles. The van der Waals surface area contributed by atoms with Crippen molar-refractivity contribution in [3.63, 3.8) is 0 Å². The smallest absolute Gasteiger partial charge is 0.306 e. The molecule has 238 valence electrons. The van der Waals surface area contributed by atoms with Crippen LogP contribution in [0.2, 0.25) is 0 Å². The molecule has 0 bridgehead atoms. The number of aliphatic hydroxyl groups excluding tert-OH is 1. The fraction of sp³-hybridized carbons (Fsp3) is 0.943. The third kappa shape index (κ3) is 29.9. The number of carbonyl (C=O) groups excluding carboxylic acids is 2. The maximum atomic E-state index is 12.1. The molecule has 40 heavy (non-hydrogen) atoms. The third-order valence-electron chi connectivity index (χ3n) is 7.90. The summed E-state index contributed by atoms with van der Waals surface area (Å²) in [7, 11) is 0. The summed E-state index contributed by atoms with van der Waals surface area (Å²) < 4.78 is 10.6. The Bertz CT molecular complexity index is 536. The van der Waals surface area contributed by atoms with Crippen LogP contribution in [0.5, 0.6) is 0 Å². The highest BCUT2D eigenvalue weighted by Crippen LogP contribution is 2.15. The van der Waals surface area contributed by atoms with Gasteiger partial charge in [0.05, 0.1) is 6.61 Å². The number of esters is 2. The predicted molar refractivity (Wildman–Crippen MR) is 169 cm³/mol. The molecule has 0 fully saturated rings. The van der Waals surface area contributed by atoms with E-state index in [-0.39, 0.29) is 25.2 Å². The Balaban J connectivity index is 3.53. The van der Waals surface area contributed by atoms with Crippen LogP contribution in [-0.4, -0.2) is 36.4 Å². The summed E-state index contributed by atoms with van der Waals surface area (Å²) in [5.41, 5.74) is 0. The van der Waals surface area contributed by atoms with Crippen LogP contribution in [0, 0.1) is 0 Å². The molecule has 0 aromatic rings. The van der Waals surface area contributed by atoms with Gasteiger partial charge < -0.3 is 14.6 Å². The van der Waals surface area contributed by atoms with Crippen molar-refractivity contribution in [3.05, 3.63) is 0 Å². The largest absolute Gasteiger partial charge is 0.462 e. The zero-order chi connectivity index (χ0) is 29.4. The van der Waals surface area contributed by atoms with E-state index in [2.05, 4.69) is 13.8 Å². The normalized spacial score (nSPS) is 12.0. The summed E-state index contributed by atoms with van der Waals surface area (Å²) in [6, 6.07) is 0. The van der Waals surface area contributed by atoms with Crippen LogP contribution in [0.1, 0.15) is 194 Å². The predicted octanol–water partition coefficient (Wildman–Crippen LogP) is 10.4. The SMILES string of the molecule is CCCCCCCCCCCCCCC[14C](=O)OCC(CO)O[14C](=O)CCCCCCCCCCCCCCC. The molecule has 0 spiro atoms. The molecule has 0 aliphatic heterocycles. The minimum absolute atomic E-state index is 0.0574. The lowest BCUT2D eigenvalue weighted by molar-refractivity contribution is -0.161. The highest BCUT2D eigenvalue weighted by Gasteiger charge is 2.16. The molecular formula is C35H68O5. The van der Waals surface area contributed by atoms with Gasteiger partial charge in [-0.3, -0.25) is 9.59 Å². The first kappa shape index (κ1) is 38.9. The summed E-state index contributed by atoms with van der Waals surface area (Å²) in [6.07, 6.45) is 32.9. The van der Waals surface area contributed by atoms with Gasteiger partial charge >= 0.3 is 11.9 Å². The van der Waals surface area contributed by atoms with Crippen LogP contribution in [0.25, 0.3) is 0 Å². The number of hydrogen-bond donors (Lipinski definition) is 1.